The molecule has 0 aromatic heterocycles. The average molecular weight is 229 g/mol. The lowest BCUT2D eigenvalue weighted by Gasteiger charge is -2.07. The van der Waals surface area contributed by atoms with Gasteiger partial charge >= 0.3 is 0 Å². The molecule has 0 fully saturated rings. The van der Waals surface area contributed by atoms with Crippen molar-refractivity contribution in [1.82, 2.24) is 0 Å². The van der Waals surface area contributed by atoms with Crippen LogP contribution in [0.1, 0.15) is 17.5 Å². The van der Waals surface area contributed by atoms with Gasteiger partial charge in [-0.3, -0.25) is 0 Å². The Hall–Kier alpha value is -1.83. The fourth-order valence-electron chi connectivity index (χ4n) is 1.24. The highest BCUT2D eigenvalue weighted by Gasteiger charge is 2.24. The van der Waals surface area contributed by atoms with E-state index in [9.17, 15) is 17.6 Å². The number of nitriles is 1. The molecule has 0 unspecified atom stereocenters. The maximum atomic E-state index is 13.2. The predicted octanol–water partition coefficient (Wildman–Crippen LogP) is 3.23. The van der Waals surface area contributed by atoms with Gasteiger partial charge in [-0.05, 0) is 12.8 Å². The van der Waals surface area contributed by atoms with Crippen LogP contribution in [0.4, 0.5) is 17.6 Å². The number of rotatable bonds is 3. The molecule has 5 heteroatoms. The summed E-state index contributed by atoms with van der Waals surface area (Å²) in [6.45, 7) is 3.33. The van der Waals surface area contributed by atoms with Crippen molar-refractivity contribution < 1.29 is 17.6 Å². The monoisotopic (exact) mass is 229 g/mol. The molecule has 1 nitrogen and oxygen atoms in total. The molecule has 0 radical (unpaired) electrons. The summed E-state index contributed by atoms with van der Waals surface area (Å²) < 4.78 is 52.7. The van der Waals surface area contributed by atoms with Gasteiger partial charge in [0, 0.05) is 5.56 Å². The number of hydrogen-bond acceptors (Lipinski definition) is 1. The molecule has 0 atom stereocenters. The van der Waals surface area contributed by atoms with Gasteiger partial charge in [0.2, 0.25) is 0 Å². The van der Waals surface area contributed by atoms with Crippen molar-refractivity contribution in [3.8, 4) is 6.07 Å². The Kier molecular flexibility index (Phi) is 3.67. The second-order valence-corrected chi connectivity index (χ2v) is 3.05. The van der Waals surface area contributed by atoms with Gasteiger partial charge in [0.15, 0.2) is 23.3 Å². The van der Waals surface area contributed by atoms with Gasteiger partial charge in [-0.1, -0.05) is 6.08 Å². The van der Waals surface area contributed by atoms with Crippen molar-refractivity contribution in [2.75, 3.05) is 0 Å². The van der Waals surface area contributed by atoms with Gasteiger partial charge in [0.25, 0.3) is 0 Å². The second kappa shape index (κ2) is 4.79. The number of benzene rings is 1. The number of halogens is 4. The highest BCUT2D eigenvalue weighted by atomic mass is 19.2. The summed E-state index contributed by atoms with van der Waals surface area (Å²) in [6.07, 6.45) is 1.34. The standard InChI is InChI=1S/C11H7F4N/c1-2-3-4-6-8(12)10(14)7(5-16)11(15)9(6)13/h2H,1,3-4H2. The summed E-state index contributed by atoms with van der Waals surface area (Å²) in [7, 11) is 0. The molecule has 0 amide bonds. The zero-order chi connectivity index (χ0) is 12.3. The molecule has 1 aromatic rings. The van der Waals surface area contributed by atoms with E-state index in [1.165, 1.54) is 6.08 Å². The molecule has 0 aliphatic heterocycles. The van der Waals surface area contributed by atoms with E-state index in [4.69, 9.17) is 5.26 Å². The Labute approximate surface area is 89.6 Å². The van der Waals surface area contributed by atoms with E-state index in [0.717, 1.165) is 6.07 Å². The van der Waals surface area contributed by atoms with E-state index in [2.05, 4.69) is 6.58 Å². The van der Waals surface area contributed by atoms with E-state index in [1.807, 2.05) is 0 Å². The Balaban J connectivity index is 3.42. The highest BCUT2D eigenvalue weighted by molar-refractivity contribution is 5.37. The molecule has 1 aromatic carbocycles. The van der Waals surface area contributed by atoms with Crippen molar-refractivity contribution in [2.45, 2.75) is 12.8 Å². The third-order valence-electron chi connectivity index (χ3n) is 2.06. The summed E-state index contributed by atoms with van der Waals surface area (Å²) in [5.41, 5.74) is -1.94. The summed E-state index contributed by atoms with van der Waals surface area (Å²) in [5.74, 6) is -6.34. The van der Waals surface area contributed by atoms with Crippen LogP contribution in [0, 0.1) is 34.6 Å². The maximum Gasteiger partial charge on any atom is 0.180 e. The van der Waals surface area contributed by atoms with Crippen LogP contribution in [-0.4, -0.2) is 0 Å². The van der Waals surface area contributed by atoms with Crippen LogP contribution in [0.15, 0.2) is 12.7 Å². The lowest BCUT2D eigenvalue weighted by Crippen LogP contribution is -2.06. The van der Waals surface area contributed by atoms with Crippen LogP contribution < -0.4 is 0 Å². The van der Waals surface area contributed by atoms with Gasteiger partial charge in [-0.2, -0.15) is 5.26 Å². The van der Waals surface area contributed by atoms with Crippen LogP contribution in [-0.2, 0) is 6.42 Å². The van der Waals surface area contributed by atoms with Crippen LogP contribution >= 0.6 is 0 Å². The van der Waals surface area contributed by atoms with Gasteiger partial charge in [0.1, 0.15) is 11.6 Å². The number of allylic oxidation sites excluding steroid dienone is 1. The van der Waals surface area contributed by atoms with Gasteiger partial charge < -0.3 is 0 Å². The van der Waals surface area contributed by atoms with Crippen molar-refractivity contribution >= 4 is 0 Å². The largest absolute Gasteiger partial charge is 0.203 e. The first-order valence-corrected chi connectivity index (χ1v) is 4.40. The summed E-state index contributed by atoms with van der Waals surface area (Å²) in [5, 5.41) is 8.34. The number of hydrogen-bond donors (Lipinski definition) is 0. The Bertz CT molecular complexity index is 445. The van der Waals surface area contributed by atoms with Crippen LogP contribution in [0.5, 0.6) is 0 Å². The lowest BCUT2D eigenvalue weighted by atomic mass is 10.0. The zero-order valence-corrected chi connectivity index (χ0v) is 8.16. The minimum atomic E-state index is -1.65. The molecular formula is C11H7F4N. The summed E-state index contributed by atoms with van der Waals surface area (Å²) in [6, 6.07) is 1.08. The normalized spacial score (nSPS) is 9.94. The first-order chi connectivity index (χ1) is 7.54. The molecule has 1 rings (SSSR count). The molecule has 0 saturated heterocycles. The molecule has 0 bridgehead atoms. The zero-order valence-electron chi connectivity index (χ0n) is 8.16. The van der Waals surface area contributed by atoms with Gasteiger partial charge in [-0.25, -0.2) is 17.6 Å². The lowest BCUT2D eigenvalue weighted by molar-refractivity contribution is 0.435. The van der Waals surface area contributed by atoms with E-state index in [1.54, 1.807) is 0 Å². The minimum absolute atomic E-state index is 0.179. The van der Waals surface area contributed by atoms with Crippen LogP contribution in [0.3, 0.4) is 0 Å². The molecule has 0 heterocycles. The maximum absolute atomic E-state index is 13.2. The Morgan fingerprint density at radius 2 is 1.56 bits per heavy atom. The van der Waals surface area contributed by atoms with Gasteiger partial charge in [0.05, 0.1) is 0 Å². The second-order valence-electron chi connectivity index (χ2n) is 3.05. The van der Waals surface area contributed by atoms with E-state index >= 15 is 0 Å². The van der Waals surface area contributed by atoms with E-state index in [0.29, 0.717) is 0 Å². The molecule has 0 saturated carbocycles. The molecule has 84 valence electrons. The smallest absolute Gasteiger partial charge is 0.180 e. The Morgan fingerprint density at radius 1 is 1.06 bits per heavy atom. The molecule has 16 heavy (non-hydrogen) atoms. The summed E-state index contributed by atoms with van der Waals surface area (Å²) >= 11 is 0. The van der Waals surface area contributed by atoms with E-state index in [-0.39, 0.29) is 12.8 Å². The Morgan fingerprint density at radius 3 is 1.94 bits per heavy atom. The molecule has 0 aliphatic carbocycles. The fourth-order valence-corrected chi connectivity index (χ4v) is 1.24. The molecule has 0 N–H and O–H groups in total. The number of nitrogens with zero attached hydrogens (tertiary/aromatic N) is 1. The van der Waals surface area contributed by atoms with Crippen molar-refractivity contribution in [3.05, 3.63) is 47.1 Å². The minimum Gasteiger partial charge on any atom is -0.203 e. The fraction of sp³-hybridized carbons (Fsp3) is 0.182. The SMILES string of the molecule is C=CCCc1c(F)c(F)c(C#N)c(F)c1F. The molecular weight excluding hydrogens is 222 g/mol. The van der Waals surface area contributed by atoms with E-state index < -0.39 is 34.4 Å². The first-order valence-electron chi connectivity index (χ1n) is 4.40. The predicted molar refractivity (Wildman–Crippen MR) is 49.5 cm³/mol. The topological polar surface area (TPSA) is 23.8 Å². The molecule has 0 spiro atoms. The quantitative estimate of drug-likeness (QED) is 0.443. The van der Waals surface area contributed by atoms with Crippen molar-refractivity contribution in [3.63, 3.8) is 0 Å². The van der Waals surface area contributed by atoms with Crippen molar-refractivity contribution in [1.29, 1.82) is 5.26 Å². The van der Waals surface area contributed by atoms with Gasteiger partial charge in [-0.15, -0.1) is 6.58 Å². The molecule has 0 aliphatic rings. The first kappa shape index (κ1) is 12.2. The average Bonchev–Trinajstić information content (AvgIpc) is 2.27. The van der Waals surface area contributed by atoms with Crippen LogP contribution in [0.25, 0.3) is 0 Å². The van der Waals surface area contributed by atoms with Crippen LogP contribution in [0.2, 0.25) is 0 Å². The third-order valence-corrected chi connectivity index (χ3v) is 2.06. The highest BCUT2D eigenvalue weighted by Crippen LogP contribution is 2.24. The van der Waals surface area contributed by atoms with Crippen molar-refractivity contribution in [2.24, 2.45) is 0 Å². The third kappa shape index (κ3) is 1.91. The summed E-state index contributed by atoms with van der Waals surface area (Å²) in [4.78, 5) is 0.